The molecule has 0 spiro atoms. The number of hydrogen-bond acceptors (Lipinski definition) is 4. The van der Waals surface area contributed by atoms with Crippen LogP contribution in [0.4, 0.5) is 0 Å². The van der Waals surface area contributed by atoms with Crippen molar-refractivity contribution in [1.82, 2.24) is 20.2 Å². The number of carbonyl (C=O) groups is 1. The van der Waals surface area contributed by atoms with Gasteiger partial charge in [-0.15, -0.1) is 0 Å². The Kier molecular flexibility index (Phi) is 4.49. The van der Waals surface area contributed by atoms with Gasteiger partial charge in [0, 0.05) is 43.7 Å². The van der Waals surface area contributed by atoms with Crippen molar-refractivity contribution in [2.24, 2.45) is 0 Å². The molecule has 1 aromatic heterocycles. The molecule has 2 aliphatic heterocycles. The lowest BCUT2D eigenvalue weighted by atomic mass is 10.0. The van der Waals surface area contributed by atoms with Crippen molar-refractivity contribution in [2.45, 2.75) is 38.6 Å². The maximum Gasteiger partial charge on any atom is 0.227 e. The SMILES string of the molecule is Cc1cccc(CC(=O)N2CCc3nc([C@H]4CCNC4)ncc3C2)c1. The van der Waals surface area contributed by atoms with Gasteiger partial charge in [-0.05, 0) is 25.5 Å². The molecule has 2 aliphatic rings. The molecule has 1 fully saturated rings. The number of carbonyl (C=O) groups excluding carboxylic acids is 1. The first-order valence-corrected chi connectivity index (χ1v) is 9.08. The van der Waals surface area contributed by atoms with Crippen LogP contribution in [0.15, 0.2) is 30.5 Å². The summed E-state index contributed by atoms with van der Waals surface area (Å²) in [5.74, 6) is 1.58. The Hall–Kier alpha value is -2.27. The van der Waals surface area contributed by atoms with Gasteiger partial charge in [-0.1, -0.05) is 29.8 Å². The smallest absolute Gasteiger partial charge is 0.227 e. The van der Waals surface area contributed by atoms with Gasteiger partial charge in [0.1, 0.15) is 5.82 Å². The highest BCUT2D eigenvalue weighted by Gasteiger charge is 2.25. The fraction of sp³-hybridized carbons (Fsp3) is 0.450. The molecule has 0 radical (unpaired) electrons. The van der Waals surface area contributed by atoms with Gasteiger partial charge in [0.25, 0.3) is 0 Å². The number of nitrogens with zero attached hydrogens (tertiary/aromatic N) is 3. The van der Waals surface area contributed by atoms with Gasteiger partial charge in [0.05, 0.1) is 12.1 Å². The first kappa shape index (κ1) is 16.2. The summed E-state index contributed by atoms with van der Waals surface area (Å²) < 4.78 is 0. The lowest BCUT2D eigenvalue weighted by molar-refractivity contribution is -0.131. The average molecular weight is 336 g/mol. The molecule has 1 N–H and O–H groups in total. The number of aryl methyl sites for hydroxylation is 1. The molecule has 130 valence electrons. The normalized spacial score (nSPS) is 19.7. The fourth-order valence-electron chi connectivity index (χ4n) is 3.72. The Balaban J connectivity index is 1.44. The molecule has 1 saturated heterocycles. The number of nitrogens with one attached hydrogen (secondary N) is 1. The molecule has 1 aromatic carbocycles. The van der Waals surface area contributed by atoms with E-state index >= 15 is 0 Å². The number of amides is 1. The van der Waals surface area contributed by atoms with E-state index in [0.717, 1.165) is 55.1 Å². The molecule has 0 saturated carbocycles. The molecule has 2 aromatic rings. The lowest BCUT2D eigenvalue weighted by Gasteiger charge is -2.28. The summed E-state index contributed by atoms with van der Waals surface area (Å²) in [5, 5.41) is 3.37. The van der Waals surface area contributed by atoms with E-state index < -0.39 is 0 Å². The second-order valence-electron chi connectivity index (χ2n) is 7.12. The van der Waals surface area contributed by atoms with Gasteiger partial charge in [0.15, 0.2) is 0 Å². The van der Waals surface area contributed by atoms with E-state index in [1.54, 1.807) is 0 Å². The van der Waals surface area contributed by atoms with E-state index in [9.17, 15) is 4.79 Å². The molecule has 0 aliphatic carbocycles. The fourth-order valence-corrected chi connectivity index (χ4v) is 3.72. The van der Waals surface area contributed by atoms with Crippen molar-refractivity contribution in [2.75, 3.05) is 19.6 Å². The van der Waals surface area contributed by atoms with Crippen molar-refractivity contribution in [1.29, 1.82) is 0 Å². The van der Waals surface area contributed by atoms with E-state index in [2.05, 4.69) is 29.4 Å². The van der Waals surface area contributed by atoms with Crippen molar-refractivity contribution in [3.05, 3.63) is 58.7 Å². The Morgan fingerprint density at radius 2 is 2.32 bits per heavy atom. The van der Waals surface area contributed by atoms with Crippen LogP contribution < -0.4 is 5.32 Å². The summed E-state index contributed by atoms with van der Waals surface area (Å²) in [5.41, 5.74) is 4.49. The summed E-state index contributed by atoms with van der Waals surface area (Å²) >= 11 is 0. The summed E-state index contributed by atoms with van der Waals surface area (Å²) in [6.45, 7) is 5.45. The van der Waals surface area contributed by atoms with E-state index in [4.69, 9.17) is 4.98 Å². The molecule has 0 unspecified atom stereocenters. The standard InChI is InChI=1S/C20H24N4O/c1-14-3-2-4-15(9-14)10-19(25)24-8-6-18-17(13-24)12-22-20(23-18)16-5-7-21-11-16/h2-4,9,12,16,21H,5-8,10-11,13H2,1H3/t16-/m0/s1. The van der Waals surface area contributed by atoms with Gasteiger partial charge < -0.3 is 10.2 Å². The first-order chi connectivity index (χ1) is 12.2. The molecule has 1 amide bonds. The monoisotopic (exact) mass is 336 g/mol. The van der Waals surface area contributed by atoms with Crippen molar-refractivity contribution in [3.63, 3.8) is 0 Å². The maximum absolute atomic E-state index is 12.6. The van der Waals surface area contributed by atoms with Crippen LogP contribution in [0.25, 0.3) is 0 Å². The zero-order chi connectivity index (χ0) is 17.2. The third-order valence-corrected chi connectivity index (χ3v) is 5.17. The third kappa shape index (κ3) is 3.56. The van der Waals surface area contributed by atoms with Crippen LogP contribution in [0.2, 0.25) is 0 Å². The Morgan fingerprint density at radius 1 is 1.40 bits per heavy atom. The molecule has 5 heteroatoms. The predicted molar refractivity (Wildman–Crippen MR) is 96.3 cm³/mol. The molecule has 5 nitrogen and oxygen atoms in total. The summed E-state index contributed by atoms with van der Waals surface area (Å²) in [6.07, 6.45) is 4.33. The Bertz CT molecular complexity index is 783. The quantitative estimate of drug-likeness (QED) is 0.931. The highest BCUT2D eigenvalue weighted by molar-refractivity contribution is 5.79. The van der Waals surface area contributed by atoms with Crippen LogP contribution in [0.3, 0.4) is 0 Å². The zero-order valence-electron chi connectivity index (χ0n) is 14.7. The number of benzene rings is 1. The number of hydrogen-bond donors (Lipinski definition) is 1. The summed E-state index contributed by atoms with van der Waals surface area (Å²) in [7, 11) is 0. The highest BCUT2D eigenvalue weighted by Crippen LogP contribution is 2.23. The topological polar surface area (TPSA) is 58.1 Å². The van der Waals surface area contributed by atoms with Crippen molar-refractivity contribution in [3.8, 4) is 0 Å². The van der Waals surface area contributed by atoms with Crippen molar-refractivity contribution >= 4 is 5.91 Å². The molecule has 3 heterocycles. The van der Waals surface area contributed by atoms with E-state index in [1.165, 1.54) is 5.56 Å². The number of aromatic nitrogens is 2. The first-order valence-electron chi connectivity index (χ1n) is 9.08. The Labute approximate surface area is 148 Å². The Morgan fingerprint density at radius 3 is 3.12 bits per heavy atom. The minimum Gasteiger partial charge on any atom is -0.338 e. The molecule has 1 atom stereocenters. The van der Waals surface area contributed by atoms with Gasteiger partial charge in [0.2, 0.25) is 5.91 Å². The minimum atomic E-state index is 0.181. The van der Waals surface area contributed by atoms with Crippen LogP contribution in [0.5, 0.6) is 0 Å². The van der Waals surface area contributed by atoms with E-state index in [-0.39, 0.29) is 5.91 Å². The zero-order valence-corrected chi connectivity index (χ0v) is 14.7. The highest BCUT2D eigenvalue weighted by atomic mass is 16.2. The van der Waals surface area contributed by atoms with Crippen LogP contribution in [-0.2, 0) is 24.2 Å². The predicted octanol–water partition coefficient (Wildman–Crippen LogP) is 1.99. The van der Waals surface area contributed by atoms with Gasteiger partial charge >= 0.3 is 0 Å². The molecular weight excluding hydrogens is 312 g/mol. The third-order valence-electron chi connectivity index (χ3n) is 5.17. The minimum absolute atomic E-state index is 0.181. The van der Waals surface area contributed by atoms with Crippen LogP contribution in [0.1, 0.15) is 40.5 Å². The lowest BCUT2D eigenvalue weighted by Crippen LogP contribution is -2.37. The average Bonchev–Trinajstić information content (AvgIpc) is 3.15. The van der Waals surface area contributed by atoms with Crippen LogP contribution in [-0.4, -0.2) is 40.4 Å². The second kappa shape index (κ2) is 6.92. The number of rotatable bonds is 3. The molecule has 25 heavy (non-hydrogen) atoms. The second-order valence-corrected chi connectivity index (χ2v) is 7.12. The summed E-state index contributed by atoms with van der Waals surface area (Å²) in [6, 6.07) is 8.17. The van der Waals surface area contributed by atoms with Crippen LogP contribution in [0, 0.1) is 6.92 Å². The van der Waals surface area contributed by atoms with E-state index in [0.29, 0.717) is 18.9 Å². The van der Waals surface area contributed by atoms with Gasteiger partial charge in [-0.2, -0.15) is 0 Å². The molecular formula is C20H24N4O. The summed E-state index contributed by atoms with van der Waals surface area (Å²) in [4.78, 5) is 23.9. The number of fused-ring (bicyclic) bond motifs is 1. The van der Waals surface area contributed by atoms with Crippen molar-refractivity contribution < 1.29 is 4.79 Å². The van der Waals surface area contributed by atoms with Crippen LogP contribution >= 0.6 is 0 Å². The maximum atomic E-state index is 12.6. The van der Waals surface area contributed by atoms with E-state index in [1.807, 2.05) is 23.2 Å². The van der Waals surface area contributed by atoms with Gasteiger partial charge in [-0.3, -0.25) is 4.79 Å². The molecule has 4 rings (SSSR count). The molecule has 0 bridgehead atoms. The largest absolute Gasteiger partial charge is 0.338 e. The van der Waals surface area contributed by atoms with Gasteiger partial charge in [-0.25, -0.2) is 9.97 Å².